The van der Waals surface area contributed by atoms with Crippen molar-refractivity contribution in [1.82, 2.24) is 9.80 Å². The Morgan fingerprint density at radius 3 is 2.24 bits per heavy atom. The SMILES string of the molecule is C=C1CN2C(=O)c3cc(OC)c(OCCCCCOc4cc5c(cc4OC)C(=O)N4CCC[C@H]4C=C5)cc3N(C(=O)OC(C)(C)C)CC2(C)C1. The van der Waals surface area contributed by atoms with Crippen molar-refractivity contribution in [3.63, 3.8) is 0 Å². The Morgan fingerprint density at radius 1 is 0.920 bits per heavy atom. The summed E-state index contributed by atoms with van der Waals surface area (Å²) in [6.07, 6.45) is 8.53. The van der Waals surface area contributed by atoms with Crippen molar-refractivity contribution in [2.45, 2.75) is 83.4 Å². The minimum absolute atomic E-state index is 0.0357. The van der Waals surface area contributed by atoms with Crippen LogP contribution in [0.1, 0.15) is 92.5 Å². The van der Waals surface area contributed by atoms with Crippen LogP contribution in [0.25, 0.3) is 6.08 Å². The van der Waals surface area contributed by atoms with Crippen molar-refractivity contribution in [3.8, 4) is 23.0 Å². The van der Waals surface area contributed by atoms with Gasteiger partial charge in [-0.05, 0) is 90.0 Å². The van der Waals surface area contributed by atoms with Gasteiger partial charge in [0.1, 0.15) is 5.60 Å². The number of fused-ring (bicyclic) bond motifs is 4. The Kier molecular flexibility index (Phi) is 9.79. The molecule has 2 fully saturated rings. The molecule has 2 atom stereocenters. The first-order valence-electron chi connectivity index (χ1n) is 17.5. The van der Waals surface area contributed by atoms with Gasteiger partial charge in [0.2, 0.25) is 0 Å². The van der Waals surface area contributed by atoms with Crippen LogP contribution in [-0.4, -0.2) is 92.0 Å². The lowest BCUT2D eigenvalue weighted by atomic mass is 9.97. The Hall–Kier alpha value is -4.67. The largest absolute Gasteiger partial charge is 0.493 e. The number of methoxy groups -OCH3 is 2. The van der Waals surface area contributed by atoms with Gasteiger partial charge in [-0.3, -0.25) is 14.5 Å². The van der Waals surface area contributed by atoms with E-state index >= 15 is 0 Å². The van der Waals surface area contributed by atoms with Gasteiger partial charge in [0.15, 0.2) is 23.0 Å². The molecule has 4 heterocycles. The molecule has 0 spiro atoms. The van der Waals surface area contributed by atoms with Crippen molar-refractivity contribution < 1.29 is 38.1 Å². The van der Waals surface area contributed by atoms with Gasteiger partial charge < -0.3 is 33.5 Å². The average Bonchev–Trinajstić information content (AvgIpc) is 3.61. The quantitative estimate of drug-likeness (QED) is 0.197. The number of unbranched alkanes of at least 4 members (excludes halogenated alkanes) is 2. The zero-order valence-corrected chi connectivity index (χ0v) is 30.1. The Bertz CT molecular complexity index is 1710. The number of hydrogen-bond acceptors (Lipinski definition) is 8. The monoisotopic (exact) mass is 687 g/mol. The number of ether oxygens (including phenoxy) is 5. The van der Waals surface area contributed by atoms with Gasteiger partial charge in [-0.1, -0.05) is 24.3 Å². The molecular formula is C39H49N3O8. The van der Waals surface area contributed by atoms with E-state index in [4.69, 9.17) is 23.7 Å². The van der Waals surface area contributed by atoms with Crippen LogP contribution in [0.15, 0.2) is 42.5 Å². The summed E-state index contributed by atoms with van der Waals surface area (Å²) >= 11 is 0. The van der Waals surface area contributed by atoms with Gasteiger partial charge >= 0.3 is 6.09 Å². The number of carbonyl (C=O) groups is 3. The maximum absolute atomic E-state index is 13.9. The second-order valence-electron chi connectivity index (χ2n) is 14.8. The van der Waals surface area contributed by atoms with E-state index < -0.39 is 17.2 Å². The second kappa shape index (κ2) is 13.9. The third-order valence-corrected chi connectivity index (χ3v) is 9.75. The van der Waals surface area contributed by atoms with E-state index in [1.807, 2.05) is 44.7 Å². The Morgan fingerprint density at radius 2 is 1.58 bits per heavy atom. The lowest BCUT2D eigenvalue weighted by molar-refractivity contribution is 0.0529. The fraction of sp³-hybridized carbons (Fsp3) is 0.513. The van der Waals surface area contributed by atoms with Gasteiger partial charge in [-0.25, -0.2) is 4.79 Å². The lowest BCUT2D eigenvalue weighted by Gasteiger charge is -2.36. The second-order valence-corrected chi connectivity index (χ2v) is 14.8. The smallest absolute Gasteiger partial charge is 0.414 e. The molecule has 1 unspecified atom stereocenters. The van der Waals surface area contributed by atoms with Crippen LogP contribution in [-0.2, 0) is 4.74 Å². The maximum atomic E-state index is 13.9. The molecule has 11 nitrogen and oxygen atoms in total. The van der Waals surface area contributed by atoms with Crippen LogP contribution in [0, 0.1) is 0 Å². The van der Waals surface area contributed by atoms with Crippen LogP contribution in [0.2, 0.25) is 0 Å². The molecule has 2 aromatic carbocycles. The summed E-state index contributed by atoms with van der Waals surface area (Å²) in [5.41, 5.74) is 1.85. The molecule has 6 rings (SSSR count). The van der Waals surface area contributed by atoms with E-state index in [0.29, 0.717) is 66.0 Å². The predicted molar refractivity (Wildman–Crippen MR) is 191 cm³/mol. The van der Waals surface area contributed by atoms with Crippen molar-refractivity contribution in [2.75, 3.05) is 52.0 Å². The highest BCUT2D eigenvalue weighted by atomic mass is 16.6. The van der Waals surface area contributed by atoms with Gasteiger partial charge in [-0.15, -0.1) is 0 Å². The molecule has 0 saturated carbocycles. The van der Waals surface area contributed by atoms with E-state index in [0.717, 1.165) is 49.8 Å². The Labute approximate surface area is 294 Å². The third kappa shape index (κ3) is 7.00. The van der Waals surface area contributed by atoms with Crippen molar-refractivity contribution in [2.24, 2.45) is 0 Å². The number of benzene rings is 2. The molecule has 4 aliphatic rings. The molecule has 2 saturated heterocycles. The minimum Gasteiger partial charge on any atom is -0.493 e. The molecule has 4 aliphatic heterocycles. The highest BCUT2D eigenvalue weighted by Crippen LogP contribution is 2.44. The maximum Gasteiger partial charge on any atom is 0.414 e. The molecule has 2 aromatic rings. The Balaban J connectivity index is 1.10. The molecule has 50 heavy (non-hydrogen) atoms. The number of hydrogen-bond donors (Lipinski definition) is 0. The number of rotatable bonds is 10. The summed E-state index contributed by atoms with van der Waals surface area (Å²) in [6, 6.07) is 7.20. The summed E-state index contributed by atoms with van der Waals surface area (Å²) in [5.74, 6) is 1.85. The lowest BCUT2D eigenvalue weighted by Crippen LogP contribution is -2.51. The molecule has 268 valence electrons. The summed E-state index contributed by atoms with van der Waals surface area (Å²) in [4.78, 5) is 46.0. The number of nitrogens with zero attached hydrogens (tertiary/aromatic N) is 3. The predicted octanol–water partition coefficient (Wildman–Crippen LogP) is 6.88. The standard InChI is InChI=1S/C39H49N3O8/c1-25-22-39(5)24-41(37(45)50-38(2,3)4)30-21-34(32(47-7)20-29(30)36(44)42(39)23-25)49-17-10-8-9-16-48-33-18-26-13-14-27-12-11-15-40(27)35(43)28(26)19-31(33)46-6/h13-14,18-21,27H,1,8-12,15-17,22-24H2,2-7H3/t27-,39?/m0/s1. The van der Waals surface area contributed by atoms with Gasteiger partial charge in [-0.2, -0.15) is 0 Å². The summed E-state index contributed by atoms with van der Waals surface area (Å²) in [7, 11) is 3.12. The summed E-state index contributed by atoms with van der Waals surface area (Å²) < 4.78 is 29.4. The number of carbonyl (C=O) groups excluding carboxylic acids is 3. The molecule has 0 aromatic heterocycles. The van der Waals surface area contributed by atoms with Gasteiger partial charge in [0.05, 0.1) is 62.4 Å². The summed E-state index contributed by atoms with van der Waals surface area (Å²) in [5, 5.41) is 0. The molecule has 3 amide bonds. The van der Waals surface area contributed by atoms with E-state index in [9.17, 15) is 14.4 Å². The van der Waals surface area contributed by atoms with E-state index in [1.165, 1.54) is 7.11 Å². The van der Waals surface area contributed by atoms with Gasteiger partial charge in [0, 0.05) is 19.2 Å². The highest BCUT2D eigenvalue weighted by Gasteiger charge is 2.48. The van der Waals surface area contributed by atoms with Crippen LogP contribution >= 0.6 is 0 Å². The van der Waals surface area contributed by atoms with E-state index in [-0.39, 0.29) is 24.4 Å². The van der Waals surface area contributed by atoms with Crippen LogP contribution < -0.4 is 23.8 Å². The minimum atomic E-state index is -0.721. The number of anilines is 1. The molecule has 0 radical (unpaired) electrons. The first-order chi connectivity index (χ1) is 23.8. The average molecular weight is 688 g/mol. The fourth-order valence-electron chi connectivity index (χ4n) is 7.36. The topological polar surface area (TPSA) is 107 Å². The first-order valence-corrected chi connectivity index (χ1v) is 17.5. The molecular weight excluding hydrogens is 638 g/mol. The third-order valence-electron chi connectivity index (χ3n) is 9.75. The number of amides is 3. The van der Waals surface area contributed by atoms with Crippen LogP contribution in [0.4, 0.5) is 10.5 Å². The molecule has 0 aliphatic carbocycles. The first kappa shape index (κ1) is 35.2. The fourth-order valence-corrected chi connectivity index (χ4v) is 7.36. The van der Waals surface area contributed by atoms with Crippen LogP contribution in [0.3, 0.4) is 0 Å². The van der Waals surface area contributed by atoms with Crippen molar-refractivity contribution in [1.29, 1.82) is 0 Å². The van der Waals surface area contributed by atoms with Gasteiger partial charge in [0.25, 0.3) is 11.8 Å². The summed E-state index contributed by atoms with van der Waals surface area (Å²) in [6.45, 7) is 13.9. The van der Waals surface area contributed by atoms with Crippen molar-refractivity contribution >= 4 is 29.7 Å². The molecule has 11 heteroatoms. The molecule has 0 bridgehead atoms. The zero-order chi connectivity index (χ0) is 35.8. The highest BCUT2D eigenvalue weighted by molar-refractivity contribution is 6.06. The van der Waals surface area contributed by atoms with Crippen molar-refractivity contribution in [3.05, 3.63) is 59.2 Å². The zero-order valence-electron chi connectivity index (χ0n) is 30.1. The molecule has 0 N–H and O–H groups in total. The van der Waals surface area contributed by atoms with Crippen LogP contribution in [0.5, 0.6) is 23.0 Å². The van der Waals surface area contributed by atoms with E-state index in [1.54, 1.807) is 35.1 Å². The normalized spacial score (nSPS) is 21.2. The van der Waals surface area contributed by atoms with E-state index in [2.05, 4.69) is 12.7 Å².